The zero-order chi connectivity index (χ0) is 14.7. The summed E-state index contributed by atoms with van der Waals surface area (Å²) >= 11 is 1.42. The fourth-order valence-electron chi connectivity index (χ4n) is 2.34. The third-order valence-corrected chi connectivity index (χ3v) is 4.32. The molecule has 0 saturated heterocycles. The molecule has 2 aromatic rings. The topological polar surface area (TPSA) is 63.2 Å². The zero-order valence-electron chi connectivity index (χ0n) is 11.8. The minimum absolute atomic E-state index is 0.133. The Morgan fingerprint density at radius 1 is 1.48 bits per heavy atom. The maximum absolute atomic E-state index is 12.0. The van der Waals surface area contributed by atoms with E-state index in [2.05, 4.69) is 21.7 Å². The van der Waals surface area contributed by atoms with Gasteiger partial charge in [-0.15, -0.1) is 11.3 Å². The lowest BCUT2D eigenvalue weighted by Crippen LogP contribution is -2.34. The van der Waals surface area contributed by atoms with Gasteiger partial charge in [0.1, 0.15) is 11.4 Å². The van der Waals surface area contributed by atoms with E-state index in [1.807, 2.05) is 18.2 Å². The van der Waals surface area contributed by atoms with Gasteiger partial charge in [-0.05, 0) is 18.1 Å². The van der Waals surface area contributed by atoms with Gasteiger partial charge in [-0.2, -0.15) is 0 Å². The SMILES string of the molecule is CNc1nc(C(=O)NCC2COc3ccccc3C2)cs1. The number of ether oxygens (including phenoxy) is 1. The van der Waals surface area contributed by atoms with Crippen LogP contribution in [0.2, 0.25) is 0 Å². The van der Waals surface area contributed by atoms with Crippen LogP contribution >= 0.6 is 11.3 Å². The van der Waals surface area contributed by atoms with E-state index < -0.39 is 0 Å². The number of aromatic nitrogens is 1. The molecule has 1 aromatic heterocycles. The van der Waals surface area contributed by atoms with Crippen LogP contribution in [0.25, 0.3) is 0 Å². The average Bonchev–Trinajstić information content (AvgIpc) is 3.01. The standard InChI is InChI=1S/C15H17N3O2S/c1-16-15-18-12(9-21-15)14(19)17-7-10-6-11-4-2-3-5-13(11)20-8-10/h2-5,9-10H,6-8H2,1H3,(H,16,18)(H,17,19). The van der Waals surface area contributed by atoms with E-state index in [-0.39, 0.29) is 5.91 Å². The van der Waals surface area contributed by atoms with Crippen LogP contribution in [0.5, 0.6) is 5.75 Å². The van der Waals surface area contributed by atoms with Crippen molar-refractivity contribution in [3.63, 3.8) is 0 Å². The van der Waals surface area contributed by atoms with Crippen LogP contribution in [0, 0.1) is 5.92 Å². The first-order valence-corrected chi connectivity index (χ1v) is 7.76. The Morgan fingerprint density at radius 2 is 2.33 bits per heavy atom. The van der Waals surface area contributed by atoms with Crippen molar-refractivity contribution in [2.75, 3.05) is 25.5 Å². The van der Waals surface area contributed by atoms with Crippen molar-refractivity contribution in [1.29, 1.82) is 0 Å². The molecule has 5 nitrogen and oxygen atoms in total. The van der Waals surface area contributed by atoms with E-state index in [4.69, 9.17) is 4.74 Å². The van der Waals surface area contributed by atoms with Crippen LogP contribution in [-0.2, 0) is 6.42 Å². The van der Waals surface area contributed by atoms with E-state index >= 15 is 0 Å². The fourth-order valence-corrected chi connectivity index (χ4v) is 2.99. The van der Waals surface area contributed by atoms with Gasteiger partial charge in [0.2, 0.25) is 0 Å². The number of fused-ring (bicyclic) bond motifs is 1. The highest BCUT2D eigenvalue weighted by Crippen LogP contribution is 2.26. The largest absolute Gasteiger partial charge is 0.493 e. The highest BCUT2D eigenvalue weighted by molar-refractivity contribution is 7.13. The second-order valence-electron chi connectivity index (χ2n) is 4.99. The lowest BCUT2D eigenvalue weighted by Gasteiger charge is -2.25. The van der Waals surface area contributed by atoms with Gasteiger partial charge in [-0.3, -0.25) is 4.79 Å². The van der Waals surface area contributed by atoms with Crippen LogP contribution in [0.4, 0.5) is 5.13 Å². The molecule has 1 aliphatic heterocycles. The van der Waals surface area contributed by atoms with E-state index in [1.54, 1.807) is 12.4 Å². The summed E-state index contributed by atoms with van der Waals surface area (Å²) in [6, 6.07) is 8.04. The summed E-state index contributed by atoms with van der Waals surface area (Å²) < 4.78 is 5.72. The summed E-state index contributed by atoms with van der Waals surface area (Å²) in [5.41, 5.74) is 1.66. The van der Waals surface area contributed by atoms with Crippen molar-refractivity contribution in [2.24, 2.45) is 5.92 Å². The highest BCUT2D eigenvalue weighted by atomic mass is 32.1. The number of carbonyl (C=O) groups excluding carboxylic acids is 1. The van der Waals surface area contributed by atoms with Gasteiger partial charge < -0.3 is 15.4 Å². The molecule has 0 aliphatic carbocycles. The maximum Gasteiger partial charge on any atom is 0.270 e. The number of thiazole rings is 1. The molecule has 0 radical (unpaired) electrons. The Balaban J connectivity index is 1.55. The molecule has 110 valence electrons. The van der Waals surface area contributed by atoms with Gasteiger partial charge in [-0.1, -0.05) is 18.2 Å². The summed E-state index contributed by atoms with van der Waals surface area (Å²) in [6.07, 6.45) is 0.926. The van der Waals surface area contributed by atoms with Crippen LogP contribution in [0.3, 0.4) is 0 Å². The quantitative estimate of drug-likeness (QED) is 0.908. The van der Waals surface area contributed by atoms with E-state index in [0.29, 0.717) is 24.8 Å². The zero-order valence-corrected chi connectivity index (χ0v) is 12.6. The molecular formula is C15H17N3O2S. The second kappa shape index (κ2) is 6.13. The maximum atomic E-state index is 12.0. The summed E-state index contributed by atoms with van der Waals surface area (Å²) in [7, 11) is 1.79. The molecule has 0 saturated carbocycles. The van der Waals surface area contributed by atoms with Crippen molar-refractivity contribution in [2.45, 2.75) is 6.42 Å². The van der Waals surface area contributed by atoms with Crippen LogP contribution < -0.4 is 15.4 Å². The Kier molecular flexibility index (Phi) is 4.06. The number of rotatable bonds is 4. The van der Waals surface area contributed by atoms with Crippen molar-refractivity contribution >= 4 is 22.4 Å². The van der Waals surface area contributed by atoms with Gasteiger partial charge >= 0.3 is 0 Å². The van der Waals surface area contributed by atoms with Gasteiger partial charge in [0.15, 0.2) is 5.13 Å². The molecule has 0 spiro atoms. The molecule has 1 aliphatic rings. The summed E-state index contributed by atoms with van der Waals surface area (Å²) in [4.78, 5) is 16.2. The lowest BCUT2D eigenvalue weighted by molar-refractivity contribution is 0.0935. The molecule has 1 aromatic carbocycles. The molecule has 6 heteroatoms. The predicted octanol–water partition coefficient (Wildman–Crippen LogP) is 2.17. The number of anilines is 1. The third kappa shape index (κ3) is 3.16. The van der Waals surface area contributed by atoms with Gasteiger partial charge in [-0.25, -0.2) is 4.98 Å². The number of nitrogens with one attached hydrogen (secondary N) is 2. The van der Waals surface area contributed by atoms with Crippen molar-refractivity contribution in [3.8, 4) is 5.75 Å². The number of benzene rings is 1. The second-order valence-corrected chi connectivity index (χ2v) is 5.84. The third-order valence-electron chi connectivity index (χ3n) is 3.46. The van der Waals surface area contributed by atoms with Crippen LogP contribution in [0.1, 0.15) is 16.1 Å². The van der Waals surface area contributed by atoms with Crippen molar-refractivity contribution in [1.82, 2.24) is 10.3 Å². The number of hydrogen-bond donors (Lipinski definition) is 2. The molecule has 21 heavy (non-hydrogen) atoms. The van der Waals surface area contributed by atoms with E-state index in [0.717, 1.165) is 17.3 Å². The summed E-state index contributed by atoms with van der Waals surface area (Å²) in [6.45, 7) is 1.23. The first kappa shape index (κ1) is 13.9. The molecular weight excluding hydrogens is 286 g/mol. The molecule has 2 N–H and O–H groups in total. The van der Waals surface area contributed by atoms with Crippen molar-refractivity contribution < 1.29 is 9.53 Å². The molecule has 3 rings (SSSR count). The molecule has 0 fully saturated rings. The molecule has 0 bridgehead atoms. The predicted molar refractivity (Wildman–Crippen MR) is 83.1 cm³/mol. The fraction of sp³-hybridized carbons (Fsp3) is 0.333. The lowest BCUT2D eigenvalue weighted by atomic mass is 9.97. The Morgan fingerprint density at radius 3 is 3.14 bits per heavy atom. The molecule has 1 atom stereocenters. The number of carbonyl (C=O) groups is 1. The summed E-state index contributed by atoms with van der Waals surface area (Å²) in [5, 5.41) is 8.36. The smallest absolute Gasteiger partial charge is 0.270 e. The number of nitrogens with zero attached hydrogens (tertiary/aromatic N) is 1. The van der Waals surface area contributed by atoms with Gasteiger partial charge in [0.05, 0.1) is 6.61 Å². The van der Waals surface area contributed by atoms with Crippen LogP contribution in [0.15, 0.2) is 29.6 Å². The number of para-hydroxylation sites is 1. The van der Waals surface area contributed by atoms with E-state index in [9.17, 15) is 4.79 Å². The molecule has 1 unspecified atom stereocenters. The first-order valence-electron chi connectivity index (χ1n) is 6.88. The average molecular weight is 303 g/mol. The van der Waals surface area contributed by atoms with Gasteiger partial charge in [0, 0.05) is 24.9 Å². The number of hydrogen-bond acceptors (Lipinski definition) is 5. The van der Waals surface area contributed by atoms with Crippen LogP contribution in [-0.4, -0.2) is 31.1 Å². The Bertz CT molecular complexity index is 641. The number of amides is 1. The normalized spacial score (nSPS) is 16.7. The minimum Gasteiger partial charge on any atom is -0.493 e. The molecule has 1 amide bonds. The van der Waals surface area contributed by atoms with Gasteiger partial charge in [0.25, 0.3) is 5.91 Å². The molecule has 2 heterocycles. The minimum atomic E-state index is -0.133. The Labute approximate surface area is 127 Å². The first-order chi connectivity index (χ1) is 10.3. The van der Waals surface area contributed by atoms with E-state index in [1.165, 1.54) is 16.9 Å². The highest BCUT2D eigenvalue weighted by Gasteiger charge is 2.20. The Hall–Kier alpha value is -2.08. The van der Waals surface area contributed by atoms with Crippen molar-refractivity contribution in [3.05, 3.63) is 40.9 Å². The summed E-state index contributed by atoms with van der Waals surface area (Å²) in [5.74, 6) is 1.12. The monoisotopic (exact) mass is 303 g/mol.